The number of likely N-dealkylation sites (N-methyl/N-ethyl adjacent to an activating group) is 1. The fraction of sp³-hybridized carbons (Fsp3) is 0.625. The van der Waals surface area contributed by atoms with Crippen LogP contribution in [-0.2, 0) is 42.3 Å². The standard InChI is InChI=1S/C6H13N2O.C2H3O.Y/c1-4-8-6(9)5(2)7-3;1-2-3;/h4-5,7H,1-3H3,(H,8,9);1H3;/q2*-1;+3. The van der Waals surface area contributed by atoms with E-state index in [0.717, 1.165) is 0 Å². The molecule has 1 atom stereocenters. The Morgan fingerprint density at radius 2 is 1.92 bits per heavy atom. The molecule has 0 aromatic carbocycles. The summed E-state index contributed by atoms with van der Waals surface area (Å²) in [4.78, 5) is 19.4. The zero-order valence-corrected chi connectivity index (χ0v) is 11.4. The first kappa shape index (κ1) is 18.9. The van der Waals surface area contributed by atoms with E-state index < -0.39 is 0 Å². The SMILES string of the molecule is C[C-]=O.C[CH-]NC(=O)C(C)NC.[Y+3]. The van der Waals surface area contributed by atoms with Crippen LogP contribution in [0.3, 0.4) is 0 Å². The molecule has 0 bridgehead atoms. The molecule has 0 heterocycles. The summed E-state index contributed by atoms with van der Waals surface area (Å²) in [6.45, 7) is 6.52. The molecule has 0 aliphatic heterocycles. The summed E-state index contributed by atoms with van der Waals surface area (Å²) in [6.07, 6.45) is 1.50. The smallest absolute Gasteiger partial charge is 0.542 e. The molecule has 0 aromatic heterocycles. The second-order valence-corrected chi connectivity index (χ2v) is 2.01. The van der Waals surface area contributed by atoms with Gasteiger partial charge < -0.3 is 15.4 Å². The van der Waals surface area contributed by atoms with Gasteiger partial charge in [-0.25, -0.2) is 6.54 Å². The van der Waals surface area contributed by atoms with Crippen LogP contribution in [0.15, 0.2) is 0 Å². The molecule has 13 heavy (non-hydrogen) atoms. The molecule has 0 radical (unpaired) electrons. The fourth-order valence-corrected chi connectivity index (χ4v) is 0.398. The van der Waals surface area contributed by atoms with Crippen molar-refractivity contribution in [1.29, 1.82) is 0 Å². The molecule has 0 rings (SSSR count). The van der Waals surface area contributed by atoms with Crippen LogP contribution in [-0.4, -0.2) is 25.3 Å². The van der Waals surface area contributed by atoms with Crippen molar-refractivity contribution in [2.75, 3.05) is 7.05 Å². The largest absolute Gasteiger partial charge is 3.00 e. The van der Waals surface area contributed by atoms with Gasteiger partial charge in [0, 0.05) is 0 Å². The summed E-state index contributed by atoms with van der Waals surface area (Å²) in [5.74, 6) is 0.000000000000000222. The number of amides is 1. The van der Waals surface area contributed by atoms with Crippen LogP contribution in [0, 0.1) is 6.54 Å². The Kier molecular flexibility index (Phi) is 21.4. The fourth-order valence-electron chi connectivity index (χ4n) is 0.398. The van der Waals surface area contributed by atoms with E-state index in [1.54, 1.807) is 27.4 Å². The van der Waals surface area contributed by atoms with Gasteiger partial charge in [-0.15, -0.1) is 0 Å². The van der Waals surface area contributed by atoms with E-state index in [2.05, 4.69) is 10.6 Å². The Morgan fingerprint density at radius 3 is 2.15 bits per heavy atom. The number of carbonyl (C=O) groups is 1. The molecule has 0 aliphatic rings. The van der Waals surface area contributed by atoms with E-state index >= 15 is 0 Å². The number of nitrogens with one attached hydrogen (secondary N) is 2. The quantitative estimate of drug-likeness (QED) is 0.703. The Balaban J connectivity index is -0.000000220. The van der Waals surface area contributed by atoms with Crippen LogP contribution >= 0.6 is 0 Å². The van der Waals surface area contributed by atoms with Crippen LogP contribution in [0.4, 0.5) is 0 Å². The summed E-state index contributed by atoms with van der Waals surface area (Å²) >= 11 is 0. The zero-order chi connectivity index (χ0) is 9.98. The number of hydrogen-bond acceptors (Lipinski definition) is 3. The maximum atomic E-state index is 10.8. The summed E-state index contributed by atoms with van der Waals surface area (Å²) < 4.78 is 0. The van der Waals surface area contributed by atoms with Gasteiger partial charge in [-0.1, -0.05) is 0 Å². The van der Waals surface area contributed by atoms with Crippen molar-refractivity contribution in [2.24, 2.45) is 0 Å². The average molecular weight is 261 g/mol. The molecular weight excluding hydrogens is 245 g/mol. The molecule has 1 amide bonds. The van der Waals surface area contributed by atoms with E-state index in [4.69, 9.17) is 4.79 Å². The van der Waals surface area contributed by atoms with Crippen LogP contribution in [0.2, 0.25) is 0 Å². The van der Waals surface area contributed by atoms with Crippen molar-refractivity contribution in [1.82, 2.24) is 10.6 Å². The molecule has 1 unspecified atom stereocenters. The summed E-state index contributed by atoms with van der Waals surface area (Å²) in [6, 6.07) is -0.110. The van der Waals surface area contributed by atoms with Gasteiger partial charge in [-0.2, -0.15) is 13.8 Å². The minimum Gasteiger partial charge on any atom is -0.542 e. The average Bonchev–Trinajstić information content (AvgIpc) is 2.05. The summed E-state index contributed by atoms with van der Waals surface area (Å²) in [5.41, 5.74) is 0. The van der Waals surface area contributed by atoms with Crippen LogP contribution in [0.25, 0.3) is 0 Å². The maximum Gasteiger partial charge on any atom is 3.00 e. The first-order valence-electron chi connectivity index (χ1n) is 3.68. The molecule has 0 aromatic rings. The molecule has 0 saturated heterocycles. The third-order valence-electron chi connectivity index (χ3n) is 1.11. The van der Waals surface area contributed by atoms with Crippen molar-refractivity contribution >= 4 is 12.2 Å². The minimum atomic E-state index is -0.110. The zero-order valence-electron chi connectivity index (χ0n) is 8.55. The van der Waals surface area contributed by atoms with E-state index in [1.165, 1.54) is 13.2 Å². The molecular formula is C8H16N2O2Y+. The van der Waals surface area contributed by atoms with Gasteiger partial charge in [0.2, 0.25) is 5.91 Å². The maximum absolute atomic E-state index is 10.8. The van der Waals surface area contributed by atoms with E-state index in [0.29, 0.717) is 0 Å². The second-order valence-electron chi connectivity index (χ2n) is 2.01. The molecule has 5 heteroatoms. The van der Waals surface area contributed by atoms with Crippen molar-refractivity contribution in [3.8, 4) is 0 Å². The van der Waals surface area contributed by atoms with E-state index in [9.17, 15) is 4.79 Å². The number of rotatable bonds is 3. The normalized spacial score (nSPS) is 9.85. The molecule has 4 nitrogen and oxygen atoms in total. The molecule has 2 N–H and O–H groups in total. The van der Waals surface area contributed by atoms with Crippen molar-refractivity contribution in [2.45, 2.75) is 26.8 Å². The van der Waals surface area contributed by atoms with Gasteiger partial charge in [0.1, 0.15) is 0 Å². The summed E-state index contributed by atoms with van der Waals surface area (Å²) in [5, 5.41) is 5.39. The van der Waals surface area contributed by atoms with Crippen LogP contribution in [0.1, 0.15) is 20.8 Å². The Hall–Kier alpha value is 0.204. The third-order valence-corrected chi connectivity index (χ3v) is 1.11. The van der Waals surface area contributed by atoms with Gasteiger partial charge in [0.25, 0.3) is 0 Å². The Labute approximate surface area is 105 Å². The Morgan fingerprint density at radius 1 is 1.54 bits per heavy atom. The molecule has 0 saturated carbocycles. The second kappa shape index (κ2) is 14.7. The predicted molar refractivity (Wildman–Crippen MR) is 48.0 cm³/mol. The molecule has 72 valence electrons. The van der Waals surface area contributed by atoms with E-state index in [-0.39, 0.29) is 44.7 Å². The Bertz CT molecular complexity index is 131. The van der Waals surface area contributed by atoms with Crippen molar-refractivity contribution in [3.63, 3.8) is 0 Å². The number of carbonyl (C=O) groups excluding carboxylic acids is 2. The molecule has 0 fully saturated rings. The first-order valence-corrected chi connectivity index (χ1v) is 3.68. The predicted octanol–water partition coefficient (Wildman–Crippen LogP) is 0.00569. The van der Waals surface area contributed by atoms with Gasteiger partial charge in [-0.05, 0) is 14.0 Å². The monoisotopic (exact) mass is 261 g/mol. The minimum absolute atomic E-state index is 0. The molecule has 0 aliphatic carbocycles. The van der Waals surface area contributed by atoms with Crippen molar-refractivity contribution in [3.05, 3.63) is 6.54 Å². The first-order chi connectivity index (χ1) is 5.63. The third kappa shape index (κ3) is 15.0. The number of hydrogen-bond donors (Lipinski definition) is 2. The topological polar surface area (TPSA) is 58.2 Å². The van der Waals surface area contributed by atoms with Crippen LogP contribution < -0.4 is 10.6 Å². The van der Waals surface area contributed by atoms with Crippen molar-refractivity contribution < 1.29 is 42.3 Å². The van der Waals surface area contributed by atoms with Gasteiger partial charge in [0.05, 0.1) is 6.04 Å². The summed E-state index contributed by atoms with van der Waals surface area (Å²) in [7, 11) is 1.75. The molecule has 0 spiro atoms. The van der Waals surface area contributed by atoms with Crippen LogP contribution in [0.5, 0.6) is 0 Å². The van der Waals surface area contributed by atoms with Gasteiger partial charge in [-0.3, -0.25) is 11.1 Å². The van der Waals surface area contributed by atoms with Gasteiger partial charge >= 0.3 is 32.7 Å². The van der Waals surface area contributed by atoms with E-state index in [1.807, 2.05) is 0 Å². The van der Waals surface area contributed by atoms with Gasteiger partial charge in [0.15, 0.2) is 0 Å².